The molecule has 8 heteroatoms. The molecular formula is C19H22F3N3O2. The van der Waals surface area contributed by atoms with Crippen LogP contribution in [0, 0.1) is 11.3 Å². The Bertz CT molecular complexity index is 768. The average molecular weight is 381 g/mol. The van der Waals surface area contributed by atoms with Crippen molar-refractivity contribution in [2.45, 2.75) is 26.4 Å². The minimum atomic E-state index is -4.42. The molecule has 1 aliphatic carbocycles. The van der Waals surface area contributed by atoms with Crippen LogP contribution in [0.5, 0.6) is 0 Å². The predicted octanol–water partition coefficient (Wildman–Crippen LogP) is 2.92. The van der Waals surface area contributed by atoms with E-state index in [1.807, 2.05) is 13.8 Å². The number of nitrogens with zero attached hydrogens (tertiary/aromatic N) is 3. The van der Waals surface area contributed by atoms with Gasteiger partial charge in [0, 0.05) is 38.8 Å². The number of alkyl halides is 3. The number of hydrogen-bond donors (Lipinski definition) is 0. The molecule has 146 valence electrons. The number of rotatable bonds is 3. The number of carbonyl (C=O) groups is 2. The van der Waals surface area contributed by atoms with Crippen LogP contribution in [-0.4, -0.2) is 47.8 Å². The molecule has 1 aromatic heterocycles. The molecule has 0 unspecified atom stereocenters. The summed E-state index contributed by atoms with van der Waals surface area (Å²) in [6.07, 6.45) is 0.0987. The monoisotopic (exact) mass is 381 g/mol. The molecule has 0 bridgehead atoms. The number of allylic oxidation sites excluding steroid dienone is 1. The van der Waals surface area contributed by atoms with Crippen molar-refractivity contribution in [2.24, 2.45) is 11.3 Å². The first-order valence-corrected chi connectivity index (χ1v) is 8.93. The van der Waals surface area contributed by atoms with Gasteiger partial charge >= 0.3 is 6.18 Å². The Balaban J connectivity index is 1.70. The molecule has 2 aliphatic rings. The second kappa shape index (κ2) is 6.98. The van der Waals surface area contributed by atoms with Crippen molar-refractivity contribution in [3.63, 3.8) is 0 Å². The largest absolute Gasteiger partial charge is 0.416 e. The fraction of sp³-hybridized carbons (Fsp3) is 0.526. The molecular weight excluding hydrogens is 359 g/mol. The molecule has 1 fully saturated rings. The zero-order chi connectivity index (χ0) is 19.8. The maximum absolute atomic E-state index is 13.1. The third-order valence-corrected chi connectivity index (χ3v) is 5.43. The third-order valence-electron chi connectivity index (χ3n) is 5.43. The van der Waals surface area contributed by atoms with Crippen LogP contribution in [-0.2, 0) is 15.8 Å². The maximum atomic E-state index is 13.1. The van der Waals surface area contributed by atoms with Crippen molar-refractivity contribution in [2.75, 3.05) is 31.1 Å². The van der Waals surface area contributed by atoms with E-state index in [2.05, 4.69) is 4.98 Å². The first-order valence-electron chi connectivity index (χ1n) is 8.93. The van der Waals surface area contributed by atoms with E-state index >= 15 is 0 Å². The Morgan fingerprint density at radius 2 is 1.89 bits per heavy atom. The maximum Gasteiger partial charge on any atom is 0.416 e. The number of halogens is 3. The Morgan fingerprint density at radius 1 is 1.22 bits per heavy atom. The summed E-state index contributed by atoms with van der Waals surface area (Å²) >= 11 is 0. The summed E-state index contributed by atoms with van der Waals surface area (Å²) in [6, 6.07) is 1.98. The fourth-order valence-corrected chi connectivity index (χ4v) is 3.64. The number of aromatic nitrogens is 1. The van der Waals surface area contributed by atoms with Crippen molar-refractivity contribution in [1.29, 1.82) is 0 Å². The Morgan fingerprint density at radius 3 is 2.41 bits per heavy atom. The van der Waals surface area contributed by atoms with E-state index < -0.39 is 17.2 Å². The lowest BCUT2D eigenvalue weighted by atomic mass is 9.75. The van der Waals surface area contributed by atoms with Crippen LogP contribution in [0.25, 0.3) is 0 Å². The van der Waals surface area contributed by atoms with E-state index in [9.17, 15) is 22.8 Å². The zero-order valence-electron chi connectivity index (χ0n) is 15.3. The number of anilines is 1. The second-order valence-corrected chi connectivity index (χ2v) is 7.35. The van der Waals surface area contributed by atoms with Gasteiger partial charge in [-0.3, -0.25) is 9.59 Å². The molecule has 0 N–H and O–H groups in total. The van der Waals surface area contributed by atoms with Crippen LogP contribution in [0.15, 0.2) is 30.5 Å². The lowest BCUT2D eigenvalue weighted by Crippen LogP contribution is -2.54. The molecule has 2 heterocycles. The molecule has 1 amide bonds. The zero-order valence-corrected chi connectivity index (χ0v) is 15.3. The summed E-state index contributed by atoms with van der Waals surface area (Å²) in [5.41, 5.74) is -1.55. The molecule has 5 nitrogen and oxygen atoms in total. The van der Waals surface area contributed by atoms with Gasteiger partial charge in [-0.2, -0.15) is 13.2 Å². The first kappa shape index (κ1) is 19.4. The number of carbonyl (C=O) groups excluding carboxylic acids is 2. The minimum absolute atomic E-state index is 0.0177. The number of ketones is 1. The number of piperazine rings is 1. The van der Waals surface area contributed by atoms with Crippen LogP contribution < -0.4 is 4.90 Å². The lowest BCUT2D eigenvalue weighted by molar-refractivity contribution is -0.143. The molecule has 0 saturated carbocycles. The van der Waals surface area contributed by atoms with Crippen LogP contribution in [0.4, 0.5) is 19.0 Å². The van der Waals surface area contributed by atoms with Crippen molar-refractivity contribution in [3.8, 4) is 0 Å². The van der Waals surface area contributed by atoms with Gasteiger partial charge in [-0.25, -0.2) is 4.98 Å². The highest BCUT2D eigenvalue weighted by Crippen LogP contribution is 2.40. The standard InChI is InChI=1S/C19H22F3N3O2/c1-13(2)18(5-3-15(26)12-18)17(27)25-9-7-24(8-10-25)16-11-14(4-6-23-16)19(20,21)22/h3-6,11,13H,7-10,12H2,1-2H3/t18-/m0/s1. The van der Waals surface area contributed by atoms with Crippen LogP contribution in [0.1, 0.15) is 25.8 Å². The summed E-state index contributed by atoms with van der Waals surface area (Å²) in [5.74, 6) is 0.0994. The Hall–Kier alpha value is -2.38. The number of amides is 1. The molecule has 3 rings (SSSR count). The Labute approximate surface area is 155 Å². The first-order chi connectivity index (χ1) is 12.6. The van der Waals surface area contributed by atoms with Crippen molar-refractivity contribution < 1.29 is 22.8 Å². The van der Waals surface area contributed by atoms with E-state index in [0.717, 1.165) is 18.3 Å². The summed E-state index contributed by atoms with van der Waals surface area (Å²) < 4.78 is 38.7. The van der Waals surface area contributed by atoms with Gasteiger partial charge in [0.1, 0.15) is 5.82 Å². The molecule has 1 saturated heterocycles. The predicted molar refractivity (Wildman–Crippen MR) is 94.1 cm³/mol. The lowest BCUT2D eigenvalue weighted by Gasteiger charge is -2.41. The molecule has 1 aliphatic heterocycles. The van der Waals surface area contributed by atoms with Gasteiger partial charge in [0.25, 0.3) is 0 Å². The SMILES string of the molecule is CC(C)[C@]1(C(=O)N2CCN(c3cc(C(F)(F)F)ccn3)CC2)C=CC(=O)C1. The minimum Gasteiger partial charge on any atom is -0.353 e. The third kappa shape index (κ3) is 3.70. The van der Waals surface area contributed by atoms with E-state index in [4.69, 9.17) is 0 Å². The van der Waals surface area contributed by atoms with Gasteiger partial charge in [0.15, 0.2) is 5.78 Å². The highest BCUT2D eigenvalue weighted by Gasteiger charge is 2.46. The smallest absolute Gasteiger partial charge is 0.353 e. The van der Waals surface area contributed by atoms with Gasteiger partial charge in [0.05, 0.1) is 11.0 Å². The van der Waals surface area contributed by atoms with Gasteiger partial charge in [0.2, 0.25) is 5.91 Å². The van der Waals surface area contributed by atoms with Crippen molar-refractivity contribution in [3.05, 3.63) is 36.0 Å². The normalized spacial score (nSPS) is 23.4. The van der Waals surface area contributed by atoms with Gasteiger partial charge in [-0.15, -0.1) is 0 Å². The van der Waals surface area contributed by atoms with Crippen LogP contribution in [0.2, 0.25) is 0 Å². The average Bonchev–Trinajstić information content (AvgIpc) is 3.04. The van der Waals surface area contributed by atoms with E-state index in [-0.39, 0.29) is 29.8 Å². The molecule has 1 aromatic rings. The van der Waals surface area contributed by atoms with Gasteiger partial charge in [-0.1, -0.05) is 19.9 Å². The molecule has 0 spiro atoms. The molecule has 0 radical (unpaired) electrons. The van der Waals surface area contributed by atoms with Crippen molar-refractivity contribution in [1.82, 2.24) is 9.88 Å². The topological polar surface area (TPSA) is 53.5 Å². The molecule has 27 heavy (non-hydrogen) atoms. The fourth-order valence-electron chi connectivity index (χ4n) is 3.64. The highest BCUT2D eigenvalue weighted by atomic mass is 19.4. The van der Waals surface area contributed by atoms with E-state index in [1.165, 1.54) is 6.08 Å². The van der Waals surface area contributed by atoms with Gasteiger partial charge < -0.3 is 9.80 Å². The number of hydrogen-bond acceptors (Lipinski definition) is 4. The summed E-state index contributed by atoms with van der Waals surface area (Å²) in [7, 11) is 0. The van der Waals surface area contributed by atoms with Crippen LogP contribution in [0.3, 0.4) is 0 Å². The van der Waals surface area contributed by atoms with E-state index in [0.29, 0.717) is 26.2 Å². The summed E-state index contributed by atoms with van der Waals surface area (Å²) in [4.78, 5) is 32.3. The Kier molecular flexibility index (Phi) is 5.01. The highest BCUT2D eigenvalue weighted by molar-refractivity contribution is 6.01. The van der Waals surface area contributed by atoms with E-state index in [1.54, 1.807) is 15.9 Å². The van der Waals surface area contributed by atoms with Crippen molar-refractivity contribution >= 4 is 17.5 Å². The van der Waals surface area contributed by atoms with Gasteiger partial charge in [-0.05, 0) is 24.1 Å². The second-order valence-electron chi connectivity index (χ2n) is 7.35. The molecule has 0 aromatic carbocycles. The molecule has 1 atom stereocenters. The van der Waals surface area contributed by atoms with Crippen LogP contribution >= 0.6 is 0 Å². The number of pyridine rings is 1. The summed E-state index contributed by atoms with van der Waals surface area (Å²) in [5, 5.41) is 0. The summed E-state index contributed by atoms with van der Waals surface area (Å²) in [6.45, 7) is 5.39. The quantitative estimate of drug-likeness (QED) is 0.808.